The minimum Gasteiger partial charge on any atom is -0.489 e. The van der Waals surface area contributed by atoms with Crippen LogP contribution in [0.2, 0.25) is 0 Å². The van der Waals surface area contributed by atoms with E-state index >= 15 is 0 Å². The molecule has 1 aromatic carbocycles. The lowest BCUT2D eigenvalue weighted by Crippen LogP contribution is -2.33. The number of anilines is 1. The molecule has 0 radical (unpaired) electrons. The minimum atomic E-state index is -0.971. The molecule has 0 aliphatic carbocycles. The van der Waals surface area contributed by atoms with Crippen LogP contribution in [0.25, 0.3) is 0 Å². The van der Waals surface area contributed by atoms with E-state index in [9.17, 15) is 9.90 Å². The fraction of sp³-hybridized carbons (Fsp3) is 0.286. The number of carbonyl (C=O) groups is 1. The summed E-state index contributed by atoms with van der Waals surface area (Å²) in [6.07, 6.45) is 1.89. The van der Waals surface area contributed by atoms with Crippen LogP contribution in [0.1, 0.15) is 16.1 Å². The Morgan fingerprint density at radius 3 is 3.00 bits per heavy atom. The number of carboxylic acids is 1. The van der Waals surface area contributed by atoms with Gasteiger partial charge in [0.25, 0.3) is 0 Å². The van der Waals surface area contributed by atoms with E-state index in [0.717, 1.165) is 11.4 Å². The van der Waals surface area contributed by atoms with Gasteiger partial charge in [0.05, 0.1) is 24.5 Å². The second kappa shape index (κ2) is 4.88. The van der Waals surface area contributed by atoms with Crippen molar-refractivity contribution in [3.05, 3.63) is 41.7 Å². The van der Waals surface area contributed by atoms with Gasteiger partial charge in [-0.25, -0.2) is 4.79 Å². The quantitative estimate of drug-likeness (QED) is 0.918. The van der Waals surface area contributed by atoms with E-state index in [0.29, 0.717) is 25.4 Å². The van der Waals surface area contributed by atoms with Crippen molar-refractivity contribution in [3.8, 4) is 5.75 Å². The van der Waals surface area contributed by atoms with Crippen molar-refractivity contribution in [1.29, 1.82) is 0 Å². The van der Waals surface area contributed by atoms with Crippen molar-refractivity contribution in [2.75, 3.05) is 18.1 Å². The SMILES string of the molecule is Cn1ccc(CN2CCOc3c(C(=O)O)cccc32)n1. The van der Waals surface area contributed by atoms with Gasteiger partial charge in [-0.05, 0) is 18.2 Å². The van der Waals surface area contributed by atoms with Gasteiger partial charge in [-0.3, -0.25) is 4.68 Å². The highest BCUT2D eigenvalue weighted by molar-refractivity contribution is 5.93. The minimum absolute atomic E-state index is 0.202. The zero-order valence-electron chi connectivity index (χ0n) is 11.1. The molecule has 1 N–H and O–H groups in total. The molecule has 0 spiro atoms. The van der Waals surface area contributed by atoms with Crippen LogP contribution in [0, 0.1) is 0 Å². The van der Waals surface area contributed by atoms with Gasteiger partial charge in [0.15, 0.2) is 5.75 Å². The van der Waals surface area contributed by atoms with Gasteiger partial charge in [0, 0.05) is 13.2 Å². The molecule has 0 atom stereocenters. The normalized spacial score (nSPS) is 13.8. The number of benzene rings is 1. The van der Waals surface area contributed by atoms with Gasteiger partial charge in [0.2, 0.25) is 0 Å². The number of fused-ring (bicyclic) bond motifs is 1. The predicted molar refractivity (Wildman–Crippen MR) is 73.2 cm³/mol. The Bertz CT molecular complexity index is 651. The highest BCUT2D eigenvalue weighted by Crippen LogP contribution is 2.35. The number of rotatable bonds is 3. The monoisotopic (exact) mass is 273 g/mol. The molecule has 6 nitrogen and oxygen atoms in total. The Kier molecular flexibility index (Phi) is 3.06. The van der Waals surface area contributed by atoms with Gasteiger partial charge in [-0.15, -0.1) is 0 Å². The zero-order valence-corrected chi connectivity index (χ0v) is 11.1. The maximum atomic E-state index is 11.2. The number of hydrogen-bond donors (Lipinski definition) is 1. The number of nitrogens with zero attached hydrogens (tertiary/aromatic N) is 3. The molecule has 3 rings (SSSR count). The lowest BCUT2D eigenvalue weighted by molar-refractivity contribution is 0.0692. The van der Waals surface area contributed by atoms with Crippen molar-refractivity contribution in [2.24, 2.45) is 7.05 Å². The topological polar surface area (TPSA) is 67.6 Å². The lowest BCUT2D eigenvalue weighted by Gasteiger charge is -2.31. The molecule has 2 aromatic rings. The highest BCUT2D eigenvalue weighted by atomic mass is 16.5. The molecule has 0 amide bonds. The third-order valence-corrected chi connectivity index (χ3v) is 3.29. The number of hydrogen-bond acceptors (Lipinski definition) is 4. The van der Waals surface area contributed by atoms with Crippen LogP contribution in [-0.2, 0) is 13.6 Å². The highest BCUT2D eigenvalue weighted by Gasteiger charge is 2.23. The van der Waals surface area contributed by atoms with Gasteiger partial charge in [-0.2, -0.15) is 5.10 Å². The van der Waals surface area contributed by atoms with E-state index in [1.165, 1.54) is 0 Å². The van der Waals surface area contributed by atoms with Crippen LogP contribution in [0.5, 0.6) is 5.75 Å². The molecule has 0 fully saturated rings. The van der Waals surface area contributed by atoms with Crippen molar-refractivity contribution in [2.45, 2.75) is 6.54 Å². The Morgan fingerprint density at radius 2 is 2.30 bits per heavy atom. The summed E-state index contributed by atoms with van der Waals surface area (Å²) in [5, 5.41) is 13.6. The maximum Gasteiger partial charge on any atom is 0.339 e. The van der Waals surface area contributed by atoms with E-state index in [2.05, 4.69) is 10.00 Å². The first-order chi connectivity index (χ1) is 9.65. The first-order valence-electron chi connectivity index (χ1n) is 6.38. The molecule has 1 aliphatic rings. The van der Waals surface area contributed by atoms with Gasteiger partial charge in [0.1, 0.15) is 12.2 Å². The summed E-state index contributed by atoms with van der Waals surface area (Å²) >= 11 is 0. The smallest absolute Gasteiger partial charge is 0.339 e. The van der Waals surface area contributed by atoms with Crippen LogP contribution in [0.3, 0.4) is 0 Å². The Balaban J connectivity index is 1.94. The Hall–Kier alpha value is -2.50. The summed E-state index contributed by atoms with van der Waals surface area (Å²) in [5.41, 5.74) is 1.95. The maximum absolute atomic E-state index is 11.2. The van der Waals surface area contributed by atoms with E-state index in [1.807, 2.05) is 25.4 Å². The number of aromatic nitrogens is 2. The van der Waals surface area contributed by atoms with E-state index in [4.69, 9.17) is 4.74 Å². The van der Waals surface area contributed by atoms with Crippen LogP contribution in [0.15, 0.2) is 30.5 Å². The van der Waals surface area contributed by atoms with E-state index < -0.39 is 5.97 Å². The van der Waals surface area contributed by atoms with Crippen molar-refractivity contribution in [1.82, 2.24) is 9.78 Å². The molecule has 0 saturated carbocycles. The molecular formula is C14H15N3O3. The summed E-state index contributed by atoms with van der Waals surface area (Å²) < 4.78 is 7.30. The van der Waals surface area contributed by atoms with Crippen molar-refractivity contribution < 1.29 is 14.6 Å². The van der Waals surface area contributed by atoms with Crippen molar-refractivity contribution >= 4 is 11.7 Å². The molecule has 0 bridgehead atoms. The first-order valence-corrected chi connectivity index (χ1v) is 6.38. The van der Waals surface area contributed by atoms with E-state index in [-0.39, 0.29) is 5.56 Å². The van der Waals surface area contributed by atoms with Gasteiger partial charge < -0.3 is 14.7 Å². The second-order valence-corrected chi connectivity index (χ2v) is 4.71. The third-order valence-electron chi connectivity index (χ3n) is 3.29. The number of carboxylic acid groups (broad SMARTS) is 1. The first kappa shape index (κ1) is 12.5. The molecular weight excluding hydrogens is 258 g/mol. The number of para-hydroxylation sites is 1. The molecule has 0 unspecified atom stereocenters. The second-order valence-electron chi connectivity index (χ2n) is 4.71. The Morgan fingerprint density at radius 1 is 1.45 bits per heavy atom. The number of aryl methyl sites for hydroxylation is 1. The predicted octanol–water partition coefficient (Wildman–Crippen LogP) is 1.52. The molecule has 2 heterocycles. The standard InChI is InChI=1S/C14H15N3O3/c1-16-6-5-10(15-16)9-17-7-8-20-13-11(14(18)19)3-2-4-12(13)17/h2-6H,7-9H2,1H3,(H,18,19). The summed E-state index contributed by atoms with van der Waals surface area (Å²) in [6, 6.07) is 7.13. The van der Waals surface area contributed by atoms with Crippen LogP contribution in [0.4, 0.5) is 5.69 Å². The molecule has 1 aliphatic heterocycles. The third kappa shape index (κ3) is 2.20. The number of ether oxygens (including phenoxy) is 1. The molecule has 6 heteroatoms. The van der Waals surface area contributed by atoms with Crippen LogP contribution in [-0.4, -0.2) is 34.0 Å². The summed E-state index contributed by atoms with van der Waals surface area (Å²) in [6.45, 7) is 1.83. The lowest BCUT2D eigenvalue weighted by atomic mass is 10.1. The zero-order chi connectivity index (χ0) is 14.1. The molecule has 20 heavy (non-hydrogen) atoms. The largest absolute Gasteiger partial charge is 0.489 e. The Labute approximate surface area is 116 Å². The molecule has 1 aromatic heterocycles. The van der Waals surface area contributed by atoms with Gasteiger partial charge in [-0.1, -0.05) is 6.07 Å². The fourth-order valence-electron chi connectivity index (χ4n) is 2.38. The molecule has 104 valence electrons. The fourth-order valence-corrected chi connectivity index (χ4v) is 2.38. The van der Waals surface area contributed by atoms with Crippen molar-refractivity contribution in [3.63, 3.8) is 0 Å². The molecule has 0 saturated heterocycles. The van der Waals surface area contributed by atoms with E-state index in [1.54, 1.807) is 16.8 Å². The van der Waals surface area contributed by atoms with Gasteiger partial charge >= 0.3 is 5.97 Å². The summed E-state index contributed by atoms with van der Waals surface area (Å²) in [7, 11) is 1.87. The summed E-state index contributed by atoms with van der Waals surface area (Å²) in [4.78, 5) is 13.3. The average Bonchev–Trinajstić information content (AvgIpc) is 2.84. The van der Waals surface area contributed by atoms with Crippen LogP contribution < -0.4 is 9.64 Å². The average molecular weight is 273 g/mol. The summed E-state index contributed by atoms with van der Waals surface area (Å²) in [5.74, 6) is -0.524. The number of aromatic carboxylic acids is 1. The van der Waals surface area contributed by atoms with Crippen LogP contribution >= 0.6 is 0 Å².